The maximum atomic E-state index is 5.99. The van der Waals surface area contributed by atoms with Gasteiger partial charge in [0.1, 0.15) is 23.0 Å². The van der Waals surface area contributed by atoms with E-state index in [1.54, 1.807) is 24.3 Å². The van der Waals surface area contributed by atoms with Gasteiger partial charge in [0.15, 0.2) is 0 Å². The van der Waals surface area contributed by atoms with Crippen molar-refractivity contribution in [1.29, 1.82) is 0 Å². The van der Waals surface area contributed by atoms with Crippen molar-refractivity contribution in [2.45, 2.75) is 20.0 Å². The molecule has 3 aromatic carbocycles. The second kappa shape index (κ2) is 8.47. The minimum Gasteiger partial charge on any atom is -0.457 e. The SMILES string of the molecule is CCOC(C)c1cc(Oc2ccc(N)cc2)cc(Oc2ccc(N)cc2)c1. The zero-order valence-corrected chi connectivity index (χ0v) is 15.5. The van der Waals surface area contributed by atoms with Crippen molar-refractivity contribution >= 4 is 11.4 Å². The van der Waals surface area contributed by atoms with E-state index in [1.807, 2.05) is 56.3 Å². The lowest BCUT2D eigenvalue weighted by atomic mass is 10.1. The fourth-order valence-electron chi connectivity index (χ4n) is 2.64. The molecule has 0 aliphatic rings. The molecule has 0 saturated carbocycles. The highest BCUT2D eigenvalue weighted by molar-refractivity contribution is 5.47. The lowest BCUT2D eigenvalue weighted by Crippen LogP contribution is -2.00. The van der Waals surface area contributed by atoms with Crippen molar-refractivity contribution in [3.05, 3.63) is 72.3 Å². The van der Waals surface area contributed by atoms with E-state index in [1.165, 1.54) is 0 Å². The quantitative estimate of drug-likeness (QED) is 0.539. The first kappa shape index (κ1) is 18.6. The summed E-state index contributed by atoms with van der Waals surface area (Å²) >= 11 is 0. The van der Waals surface area contributed by atoms with Crippen LogP contribution in [0.15, 0.2) is 66.7 Å². The van der Waals surface area contributed by atoms with E-state index in [4.69, 9.17) is 25.7 Å². The fraction of sp³-hybridized carbons (Fsp3) is 0.182. The van der Waals surface area contributed by atoms with E-state index >= 15 is 0 Å². The Bertz CT molecular complexity index is 811. The molecule has 5 nitrogen and oxygen atoms in total. The summed E-state index contributed by atoms with van der Waals surface area (Å²) in [5, 5.41) is 0. The average molecular weight is 364 g/mol. The van der Waals surface area contributed by atoms with Crippen molar-refractivity contribution in [3.63, 3.8) is 0 Å². The molecule has 0 saturated heterocycles. The molecule has 0 spiro atoms. The summed E-state index contributed by atoms with van der Waals surface area (Å²) in [4.78, 5) is 0. The molecular weight excluding hydrogens is 340 g/mol. The van der Waals surface area contributed by atoms with E-state index in [0.29, 0.717) is 41.0 Å². The highest BCUT2D eigenvalue weighted by atomic mass is 16.5. The molecule has 0 aliphatic heterocycles. The topological polar surface area (TPSA) is 79.7 Å². The maximum absolute atomic E-state index is 5.99. The molecule has 0 bridgehead atoms. The van der Waals surface area contributed by atoms with Gasteiger partial charge in [-0.2, -0.15) is 0 Å². The molecule has 0 aliphatic carbocycles. The number of anilines is 2. The van der Waals surface area contributed by atoms with Gasteiger partial charge in [0.2, 0.25) is 0 Å². The number of ether oxygens (including phenoxy) is 3. The second-order valence-corrected chi connectivity index (χ2v) is 6.18. The molecule has 0 amide bonds. The van der Waals surface area contributed by atoms with Crippen LogP contribution in [0.2, 0.25) is 0 Å². The van der Waals surface area contributed by atoms with Crippen molar-refractivity contribution in [3.8, 4) is 23.0 Å². The van der Waals surface area contributed by atoms with Crippen LogP contribution in [0.25, 0.3) is 0 Å². The highest BCUT2D eigenvalue weighted by Crippen LogP contribution is 2.33. The Kier molecular flexibility index (Phi) is 5.84. The number of benzene rings is 3. The Morgan fingerprint density at radius 1 is 0.704 bits per heavy atom. The third-order valence-corrected chi connectivity index (χ3v) is 4.02. The molecule has 1 atom stereocenters. The maximum Gasteiger partial charge on any atom is 0.131 e. The summed E-state index contributed by atoms with van der Waals surface area (Å²) < 4.78 is 17.7. The van der Waals surface area contributed by atoms with Crippen LogP contribution in [0.1, 0.15) is 25.5 Å². The summed E-state index contributed by atoms with van der Waals surface area (Å²) in [6.45, 7) is 4.59. The van der Waals surface area contributed by atoms with Crippen molar-refractivity contribution in [2.24, 2.45) is 0 Å². The number of nitrogen functional groups attached to an aromatic ring is 2. The van der Waals surface area contributed by atoms with Crippen LogP contribution in [0.5, 0.6) is 23.0 Å². The van der Waals surface area contributed by atoms with E-state index < -0.39 is 0 Å². The zero-order valence-electron chi connectivity index (χ0n) is 15.5. The highest BCUT2D eigenvalue weighted by Gasteiger charge is 2.11. The predicted molar refractivity (Wildman–Crippen MR) is 108 cm³/mol. The average Bonchev–Trinajstić information content (AvgIpc) is 2.65. The molecule has 0 radical (unpaired) electrons. The summed E-state index contributed by atoms with van der Waals surface area (Å²) in [5.41, 5.74) is 13.8. The first-order valence-electron chi connectivity index (χ1n) is 8.87. The second-order valence-electron chi connectivity index (χ2n) is 6.18. The molecule has 27 heavy (non-hydrogen) atoms. The molecule has 3 rings (SSSR count). The standard InChI is InChI=1S/C22H24N2O3/c1-3-25-15(2)16-12-21(26-19-8-4-17(23)5-9-19)14-22(13-16)27-20-10-6-18(24)7-11-20/h4-15H,3,23-24H2,1-2H3. The van der Waals surface area contributed by atoms with Crippen LogP contribution in [-0.4, -0.2) is 6.61 Å². The Hall–Kier alpha value is -3.18. The Morgan fingerprint density at radius 2 is 1.15 bits per heavy atom. The van der Waals surface area contributed by atoms with Gasteiger partial charge in [-0.05, 0) is 80.1 Å². The van der Waals surface area contributed by atoms with Crippen molar-refractivity contribution in [2.75, 3.05) is 18.1 Å². The minimum absolute atomic E-state index is 0.0845. The van der Waals surface area contributed by atoms with Gasteiger partial charge in [0, 0.05) is 24.0 Å². The largest absolute Gasteiger partial charge is 0.457 e. The van der Waals surface area contributed by atoms with Crippen LogP contribution in [-0.2, 0) is 4.74 Å². The molecule has 140 valence electrons. The summed E-state index contributed by atoms with van der Waals surface area (Å²) in [6, 6.07) is 20.3. The Balaban J connectivity index is 1.89. The molecular formula is C22H24N2O3. The van der Waals surface area contributed by atoms with Crippen molar-refractivity contribution in [1.82, 2.24) is 0 Å². The van der Waals surface area contributed by atoms with E-state index in [9.17, 15) is 0 Å². The molecule has 0 aromatic heterocycles. The lowest BCUT2D eigenvalue weighted by Gasteiger charge is -2.16. The summed E-state index contributed by atoms with van der Waals surface area (Å²) in [5.74, 6) is 2.72. The number of rotatable bonds is 7. The first-order chi connectivity index (χ1) is 13.0. The third kappa shape index (κ3) is 5.15. The van der Waals surface area contributed by atoms with Gasteiger partial charge in [0.25, 0.3) is 0 Å². The molecule has 1 unspecified atom stereocenters. The molecule has 4 N–H and O–H groups in total. The van der Waals surface area contributed by atoms with Crippen molar-refractivity contribution < 1.29 is 14.2 Å². The Morgan fingerprint density at radius 3 is 1.56 bits per heavy atom. The van der Waals surface area contributed by atoms with Gasteiger partial charge in [0.05, 0.1) is 6.10 Å². The van der Waals surface area contributed by atoms with Gasteiger partial charge in [-0.25, -0.2) is 0 Å². The zero-order chi connectivity index (χ0) is 19.2. The molecule has 0 fully saturated rings. The molecule has 5 heteroatoms. The van der Waals surface area contributed by atoms with E-state index in [0.717, 1.165) is 5.56 Å². The molecule has 0 heterocycles. The fourth-order valence-corrected chi connectivity index (χ4v) is 2.64. The monoisotopic (exact) mass is 364 g/mol. The third-order valence-electron chi connectivity index (χ3n) is 4.02. The number of hydrogen-bond donors (Lipinski definition) is 2. The van der Waals surface area contributed by atoms with E-state index in [2.05, 4.69) is 0 Å². The van der Waals surface area contributed by atoms with Gasteiger partial charge in [-0.1, -0.05) is 0 Å². The van der Waals surface area contributed by atoms with Crippen LogP contribution in [0, 0.1) is 0 Å². The smallest absolute Gasteiger partial charge is 0.131 e. The van der Waals surface area contributed by atoms with Gasteiger partial charge in [-0.15, -0.1) is 0 Å². The van der Waals surface area contributed by atoms with E-state index in [-0.39, 0.29) is 6.10 Å². The van der Waals surface area contributed by atoms with Crippen LogP contribution < -0.4 is 20.9 Å². The van der Waals surface area contributed by atoms with Crippen LogP contribution >= 0.6 is 0 Å². The van der Waals surface area contributed by atoms with Gasteiger partial charge < -0.3 is 25.7 Å². The Labute approximate surface area is 159 Å². The predicted octanol–water partition coefficient (Wildman–Crippen LogP) is 5.53. The minimum atomic E-state index is -0.0845. The van der Waals surface area contributed by atoms with Crippen LogP contribution in [0.4, 0.5) is 11.4 Å². The summed E-state index contributed by atoms with van der Waals surface area (Å²) in [6.07, 6.45) is -0.0845. The molecule has 3 aromatic rings. The van der Waals surface area contributed by atoms with Gasteiger partial charge in [-0.3, -0.25) is 0 Å². The normalized spacial score (nSPS) is 11.8. The van der Waals surface area contributed by atoms with Gasteiger partial charge >= 0.3 is 0 Å². The lowest BCUT2D eigenvalue weighted by molar-refractivity contribution is 0.0761. The van der Waals surface area contributed by atoms with Crippen LogP contribution in [0.3, 0.4) is 0 Å². The number of nitrogens with two attached hydrogens (primary N) is 2. The summed E-state index contributed by atoms with van der Waals surface area (Å²) in [7, 11) is 0. The number of hydrogen-bond acceptors (Lipinski definition) is 5. The first-order valence-corrected chi connectivity index (χ1v) is 8.87.